The molecule has 0 bridgehead atoms. The van der Waals surface area contributed by atoms with E-state index in [4.69, 9.17) is 5.26 Å². The third-order valence-corrected chi connectivity index (χ3v) is 3.27. The fourth-order valence-corrected chi connectivity index (χ4v) is 2.45. The smallest absolute Gasteiger partial charge is 0.124 e. The zero-order chi connectivity index (χ0) is 9.26. The number of rotatable bonds is 0. The third kappa shape index (κ3) is 1.50. The van der Waals surface area contributed by atoms with Crippen LogP contribution in [0.4, 0.5) is 5.69 Å². The van der Waals surface area contributed by atoms with Crippen LogP contribution in [0.25, 0.3) is 0 Å². The minimum absolute atomic E-state index is 0.0430. The van der Waals surface area contributed by atoms with Gasteiger partial charge in [0.1, 0.15) is 6.04 Å². The lowest BCUT2D eigenvalue weighted by atomic mass is 10.2. The molecule has 1 unspecified atom stereocenters. The molecule has 1 aromatic rings. The molecule has 1 aliphatic heterocycles. The summed E-state index contributed by atoms with van der Waals surface area (Å²) in [7, 11) is 0. The van der Waals surface area contributed by atoms with Crippen LogP contribution in [0, 0.1) is 18.3 Å². The molecule has 66 valence electrons. The highest BCUT2D eigenvalue weighted by Gasteiger charge is 2.18. The van der Waals surface area contributed by atoms with E-state index in [0.29, 0.717) is 0 Å². The summed E-state index contributed by atoms with van der Waals surface area (Å²) in [6, 6.07) is 8.40. The molecule has 0 saturated carbocycles. The van der Waals surface area contributed by atoms with Crippen LogP contribution in [-0.4, -0.2) is 11.8 Å². The molecular weight excluding hydrogens is 180 g/mol. The highest BCUT2D eigenvalue weighted by molar-refractivity contribution is 7.99. The Balaban J connectivity index is 2.39. The van der Waals surface area contributed by atoms with Gasteiger partial charge in [0.2, 0.25) is 0 Å². The number of aryl methyl sites for hydroxylation is 1. The summed E-state index contributed by atoms with van der Waals surface area (Å²) in [5.41, 5.74) is 2.34. The monoisotopic (exact) mass is 190 g/mol. The van der Waals surface area contributed by atoms with Crippen LogP contribution in [0.5, 0.6) is 0 Å². The van der Waals surface area contributed by atoms with Gasteiger partial charge in [-0.2, -0.15) is 5.26 Å². The first-order valence-corrected chi connectivity index (χ1v) is 5.18. The summed E-state index contributed by atoms with van der Waals surface area (Å²) in [6.07, 6.45) is 0. The second-order valence-corrected chi connectivity index (χ2v) is 4.15. The predicted octanol–water partition coefficient (Wildman–Crippen LogP) is 2.40. The van der Waals surface area contributed by atoms with Gasteiger partial charge in [-0.05, 0) is 18.6 Å². The van der Waals surface area contributed by atoms with Crippen molar-refractivity contribution in [3.63, 3.8) is 0 Å². The van der Waals surface area contributed by atoms with Gasteiger partial charge in [0.15, 0.2) is 0 Å². The minimum Gasteiger partial charge on any atom is -0.368 e. The number of fused-ring (bicyclic) bond motifs is 1. The summed E-state index contributed by atoms with van der Waals surface area (Å²) in [5, 5.41) is 12.0. The second-order valence-electron chi connectivity index (χ2n) is 3.09. The Hall–Kier alpha value is -1.14. The number of nitriles is 1. The van der Waals surface area contributed by atoms with Crippen LogP contribution >= 0.6 is 11.8 Å². The molecule has 1 aliphatic rings. The molecule has 3 heteroatoms. The topological polar surface area (TPSA) is 35.8 Å². The SMILES string of the molecule is Cc1cccc2c1NC(C#N)CS2. The summed E-state index contributed by atoms with van der Waals surface area (Å²) in [4.78, 5) is 1.26. The molecule has 0 saturated heterocycles. The van der Waals surface area contributed by atoms with E-state index < -0.39 is 0 Å². The highest BCUT2D eigenvalue weighted by atomic mass is 32.2. The Morgan fingerprint density at radius 2 is 2.46 bits per heavy atom. The standard InChI is InChI=1S/C10H10N2S/c1-7-3-2-4-9-10(7)12-8(5-11)6-13-9/h2-4,8,12H,6H2,1H3. The number of anilines is 1. The van der Waals surface area contributed by atoms with Gasteiger partial charge in [-0.3, -0.25) is 0 Å². The quantitative estimate of drug-likeness (QED) is 0.682. The second kappa shape index (κ2) is 3.31. The average Bonchev–Trinajstić information content (AvgIpc) is 2.18. The van der Waals surface area contributed by atoms with Gasteiger partial charge in [-0.25, -0.2) is 0 Å². The van der Waals surface area contributed by atoms with Crippen molar-refractivity contribution >= 4 is 17.4 Å². The molecular formula is C10H10N2S. The molecule has 1 aromatic carbocycles. The summed E-state index contributed by atoms with van der Waals surface area (Å²) < 4.78 is 0. The van der Waals surface area contributed by atoms with Gasteiger partial charge < -0.3 is 5.32 Å². The summed E-state index contributed by atoms with van der Waals surface area (Å²) >= 11 is 1.75. The van der Waals surface area contributed by atoms with E-state index in [1.807, 2.05) is 0 Å². The Morgan fingerprint density at radius 3 is 3.23 bits per heavy atom. The Labute approximate surface area is 82.0 Å². The van der Waals surface area contributed by atoms with E-state index in [2.05, 4.69) is 36.5 Å². The number of hydrogen-bond donors (Lipinski definition) is 1. The Bertz CT molecular complexity index is 368. The molecule has 1 atom stereocenters. The van der Waals surface area contributed by atoms with Gasteiger partial charge in [0, 0.05) is 10.6 Å². The lowest BCUT2D eigenvalue weighted by Crippen LogP contribution is -2.24. The first-order chi connectivity index (χ1) is 6.31. The molecule has 13 heavy (non-hydrogen) atoms. The molecule has 0 amide bonds. The van der Waals surface area contributed by atoms with Crippen molar-refractivity contribution in [2.75, 3.05) is 11.1 Å². The number of hydrogen-bond acceptors (Lipinski definition) is 3. The van der Waals surface area contributed by atoms with E-state index in [9.17, 15) is 0 Å². The third-order valence-electron chi connectivity index (χ3n) is 2.11. The van der Waals surface area contributed by atoms with Crippen LogP contribution in [-0.2, 0) is 0 Å². The van der Waals surface area contributed by atoms with Gasteiger partial charge in [0.25, 0.3) is 0 Å². The van der Waals surface area contributed by atoms with Crippen molar-refractivity contribution in [1.29, 1.82) is 5.26 Å². The lowest BCUT2D eigenvalue weighted by molar-refractivity contribution is 0.991. The number of nitrogens with one attached hydrogen (secondary N) is 1. The van der Waals surface area contributed by atoms with Crippen LogP contribution in [0.2, 0.25) is 0 Å². The molecule has 0 radical (unpaired) electrons. The highest BCUT2D eigenvalue weighted by Crippen LogP contribution is 2.34. The number of thioether (sulfide) groups is 1. The summed E-state index contributed by atoms with van der Waals surface area (Å²) in [5.74, 6) is 0.840. The van der Waals surface area contributed by atoms with Gasteiger partial charge in [-0.1, -0.05) is 12.1 Å². The van der Waals surface area contributed by atoms with E-state index in [1.165, 1.54) is 10.5 Å². The van der Waals surface area contributed by atoms with Crippen molar-refractivity contribution in [3.8, 4) is 6.07 Å². The fraction of sp³-hybridized carbons (Fsp3) is 0.300. The Morgan fingerprint density at radius 1 is 1.62 bits per heavy atom. The van der Waals surface area contributed by atoms with Crippen molar-refractivity contribution in [2.45, 2.75) is 17.9 Å². The maximum absolute atomic E-state index is 8.78. The van der Waals surface area contributed by atoms with Gasteiger partial charge in [-0.15, -0.1) is 11.8 Å². The van der Waals surface area contributed by atoms with E-state index in [1.54, 1.807) is 11.8 Å². The zero-order valence-corrected chi connectivity index (χ0v) is 8.19. The fourth-order valence-electron chi connectivity index (χ4n) is 1.40. The molecule has 0 spiro atoms. The van der Waals surface area contributed by atoms with Gasteiger partial charge in [0.05, 0.1) is 11.8 Å². The van der Waals surface area contributed by atoms with Crippen molar-refractivity contribution in [1.82, 2.24) is 0 Å². The lowest BCUT2D eigenvalue weighted by Gasteiger charge is -2.23. The average molecular weight is 190 g/mol. The van der Waals surface area contributed by atoms with Crippen molar-refractivity contribution in [2.24, 2.45) is 0 Å². The normalized spacial score (nSPS) is 19.8. The number of para-hydroxylation sites is 1. The molecule has 1 heterocycles. The zero-order valence-electron chi connectivity index (χ0n) is 7.37. The number of nitrogens with zero attached hydrogens (tertiary/aromatic N) is 1. The first-order valence-electron chi connectivity index (χ1n) is 4.20. The van der Waals surface area contributed by atoms with Crippen LogP contribution in [0.3, 0.4) is 0 Å². The largest absolute Gasteiger partial charge is 0.368 e. The first kappa shape index (κ1) is 8.46. The maximum Gasteiger partial charge on any atom is 0.124 e. The minimum atomic E-state index is -0.0430. The molecule has 2 rings (SSSR count). The molecule has 0 aliphatic carbocycles. The Kier molecular flexibility index (Phi) is 2.15. The van der Waals surface area contributed by atoms with Crippen molar-refractivity contribution in [3.05, 3.63) is 23.8 Å². The molecule has 2 nitrogen and oxygen atoms in total. The van der Waals surface area contributed by atoms with E-state index in [-0.39, 0.29) is 6.04 Å². The maximum atomic E-state index is 8.78. The van der Waals surface area contributed by atoms with Crippen LogP contribution < -0.4 is 5.32 Å². The van der Waals surface area contributed by atoms with Gasteiger partial charge >= 0.3 is 0 Å². The predicted molar refractivity (Wildman–Crippen MR) is 54.9 cm³/mol. The molecule has 0 fully saturated rings. The number of benzene rings is 1. The van der Waals surface area contributed by atoms with Crippen LogP contribution in [0.15, 0.2) is 23.1 Å². The van der Waals surface area contributed by atoms with Crippen molar-refractivity contribution < 1.29 is 0 Å². The van der Waals surface area contributed by atoms with Crippen LogP contribution in [0.1, 0.15) is 5.56 Å². The van der Waals surface area contributed by atoms with E-state index in [0.717, 1.165) is 11.4 Å². The molecule has 1 N–H and O–H groups in total. The summed E-state index contributed by atoms with van der Waals surface area (Å²) in [6.45, 7) is 2.06. The molecule has 0 aromatic heterocycles. The van der Waals surface area contributed by atoms with E-state index >= 15 is 0 Å².